The monoisotopic (exact) mass is 265 g/mol. The highest BCUT2D eigenvalue weighted by Crippen LogP contribution is 2.16. The summed E-state index contributed by atoms with van der Waals surface area (Å²) in [6.07, 6.45) is 0. The lowest BCUT2D eigenvalue weighted by molar-refractivity contribution is 0.0887. The molecule has 19 heavy (non-hydrogen) atoms. The number of nitrogen functional groups attached to an aromatic ring is 1. The molecule has 0 saturated carbocycles. The molecule has 0 aliphatic carbocycles. The van der Waals surface area contributed by atoms with Crippen LogP contribution in [-0.4, -0.2) is 25.7 Å². The summed E-state index contributed by atoms with van der Waals surface area (Å²) in [5, 5.41) is 2.81. The van der Waals surface area contributed by atoms with Gasteiger partial charge < -0.3 is 15.5 Å². The number of nitrogens with one attached hydrogen (secondary N) is 2. The Balaban J connectivity index is 2.45. The third-order valence-corrected chi connectivity index (χ3v) is 2.56. The summed E-state index contributed by atoms with van der Waals surface area (Å²) in [6, 6.07) is 5.48. The third kappa shape index (κ3) is 5.28. The van der Waals surface area contributed by atoms with Gasteiger partial charge in [0, 0.05) is 13.2 Å². The van der Waals surface area contributed by atoms with Crippen molar-refractivity contribution in [2.24, 2.45) is 11.8 Å². The average Bonchev–Trinajstić information content (AvgIpc) is 2.37. The van der Waals surface area contributed by atoms with Crippen molar-refractivity contribution < 1.29 is 9.53 Å². The van der Waals surface area contributed by atoms with E-state index in [1.54, 1.807) is 6.07 Å². The number of anilines is 1. The molecule has 0 radical (unpaired) electrons. The van der Waals surface area contributed by atoms with Crippen LogP contribution in [0.5, 0.6) is 0 Å². The van der Waals surface area contributed by atoms with Crippen molar-refractivity contribution in [2.75, 3.05) is 25.2 Å². The zero-order valence-electron chi connectivity index (χ0n) is 11.8. The lowest BCUT2D eigenvalue weighted by atomic mass is 10.1. The smallest absolute Gasteiger partial charge is 0.253 e. The summed E-state index contributed by atoms with van der Waals surface area (Å²) in [6.45, 7) is 7.83. The Morgan fingerprint density at radius 2 is 2.16 bits per heavy atom. The molecule has 0 aromatic heterocycles. The van der Waals surface area contributed by atoms with Crippen LogP contribution in [0.4, 0.5) is 5.69 Å². The molecule has 1 aromatic rings. The Hall–Kier alpha value is -1.59. The zero-order valence-corrected chi connectivity index (χ0v) is 11.8. The molecular formula is C14H23N3O2. The molecule has 1 aromatic carbocycles. The first-order chi connectivity index (χ1) is 9.04. The molecule has 5 nitrogen and oxygen atoms in total. The highest BCUT2D eigenvalue weighted by atomic mass is 16.5. The van der Waals surface area contributed by atoms with E-state index in [1.807, 2.05) is 19.1 Å². The number of hydrogen-bond donors (Lipinski definition) is 3. The molecule has 0 saturated heterocycles. The number of rotatable bonds is 7. The van der Waals surface area contributed by atoms with Gasteiger partial charge in [-0.2, -0.15) is 0 Å². The number of nitrogens with two attached hydrogens (primary N) is 1. The molecule has 5 heteroatoms. The van der Waals surface area contributed by atoms with Crippen LogP contribution in [0.3, 0.4) is 0 Å². The van der Waals surface area contributed by atoms with Crippen molar-refractivity contribution in [2.45, 2.75) is 20.8 Å². The zero-order chi connectivity index (χ0) is 14.3. The molecule has 0 fully saturated rings. The molecule has 4 N–H and O–H groups in total. The normalized spacial score (nSPS) is 10.6. The van der Waals surface area contributed by atoms with E-state index >= 15 is 0 Å². The fourth-order valence-corrected chi connectivity index (χ4v) is 1.63. The first kappa shape index (κ1) is 15.5. The number of carbonyl (C=O) groups is 1. The maximum absolute atomic E-state index is 12.0. The lowest BCUT2D eigenvalue weighted by Gasteiger charge is -2.11. The van der Waals surface area contributed by atoms with Crippen molar-refractivity contribution in [1.82, 2.24) is 5.32 Å². The molecule has 1 amide bonds. The van der Waals surface area contributed by atoms with E-state index in [-0.39, 0.29) is 5.91 Å². The second-order valence-electron chi connectivity index (χ2n) is 4.92. The van der Waals surface area contributed by atoms with Crippen LogP contribution < -0.4 is 16.6 Å². The van der Waals surface area contributed by atoms with Crippen LogP contribution in [0, 0.1) is 12.8 Å². The number of benzene rings is 1. The summed E-state index contributed by atoms with van der Waals surface area (Å²) < 4.78 is 5.40. The molecule has 0 aliphatic rings. The maximum atomic E-state index is 12.0. The van der Waals surface area contributed by atoms with Crippen molar-refractivity contribution in [1.29, 1.82) is 0 Å². The average molecular weight is 265 g/mol. The first-order valence-corrected chi connectivity index (χ1v) is 6.47. The molecule has 0 spiro atoms. The van der Waals surface area contributed by atoms with E-state index in [1.165, 1.54) is 0 Å². The van der Waals surface area contributed by atoms with Crippen LogP contribution in [0.1, 0.15) is 29.8 Å². The number of hydrazine groups is 1. The van der Waals surface area contributed by atoms with Crippen molar-refractivity contribution in [3.05, 3.63) is 29.3 Å². The van der Waals surface area contributed by atoms with E-state index in [9.17, 15) is 4.79 Å². The van der Waals surface area contributed by atoms with Crippen LogP contribution in [0.15, 0.2) is 18.2 Å². The van der Waals surface area contributed by atoms with Gasteiger partial charge in [-0.05, 0) is 30.5 Å². The highest BCUT2D eigenvalue weighted by molar-refractivity contribution is 5.99. The van der Waals surface area contributed by atoms with E-state index in [0.717, 1.165) is 5.56 Å². The van der Waals surface area contributed by atoms with Gasteiger partial charge in [0.1, 0.15) is 0 Å². The molecule has 0 aliphatic heterocycles. The number of amides is 1. The topological polar surface area (TPSA) is 76.4 Å². The largest absolute Gasteiger partial charge is 0.379 e. The number of carbonyl (C=O) groups excluding carboxylic acids is 1. The maximum Gasteiger partial charge on any atom is 0.253 e. The van der Waals surface area contributed by atoms with Crippen LogP contribution in [0.2, 0.25) is 0 Å². The minimum atomic E-state index is -0.152. The molecule has 0 heterocycles. The van der Waals surface area contributed by atoms with Crippen molar-refractivity contribution in [3.63, 3.8) is 0 Å². The van der Waals surface area contributed by atoms with Gasteiger partial charge in [-0.25, -0.2) is 0 Å². The number of hydrogen-bond acceptors (Lipinski definition) is 4. The first-order valence-electron chi connectivity index (χ1n) is 6.47. The molecule has 1 rings (SSSR count). The predicted octanol–water partition coefficient (Wildman–Crippen LogP) is 1.68. The van der Waals surface area contributed by atoms with Gasteiger partial charge in [0.25, 0.3) is 5.91 Å². The SMILES string of the molecule is Cc1ccc(C(=O)NCCOCC(C)C)c(NN)c1. The standard InChI is InChI=1S/C14H23N3O2/c1-10(2)9-19-7-6-16-14(18)12-5-4-11(3)8-13(12)17-15/h4-5,8,10,17H,6-7,9,15H2,1-3H3,(H,16,18). The Bertz CT molecular complexity index is 419. The Morgan fingerprint density at radius 1 is 1.42 bits per heavy atom. The summed E-state index contributed by atoms with van der Waals surface area (Å²) >= 11 is 0. The Kier molecular flexibility index (Phi) is 6.32. The second-order valence-corrected chi connectivity index (χ2v) is 4.92. The van der Waals surface area contributed by atoms with E-state index < -0.39 is 0 Å². The Morgan fingerprint density at radius 3 is 2.79 bits per heavy atom. The molecule has 0 bridgehead atoms. The quantitative estimate of drug-likeness (QED) is 0.398. The third-order valence-electron chi connectivity index (χ3n) is 2.56. The summed E-state index contributed by atoms with van der Waals surface area (Å²) in [7, 11) is 0. The van der Waals surface area contributed by atoms with Crippen LogP contribution in [0.25, 0.3) is 0 Å². The predicted molar refractivity (Wildman–Crippen MR) is 77.0 cm³/mol. The van der Waals surface area contributed by atoms with Gasteiger partial charge >= 0.3 is 0 Å². The molecule has 0 unspecified atom stereocenters. The minimum absolute atomic E-state index is 0.152. The molecular weight excluding hydrogens is 242 g/mol. The number of aryl methyl sites for hydroxylation is 1. The van der Waals surface area contributed by atoms with E-state index in [0.29, 0.717) is 36.9 Å². The van der Waals surface area contributed by atoms with Gasteiger partial charge in [0.2, 0.25) is 0 Å². The van der Waals surface area contributed by atoms with Crippen molar-refractivity contribution in [3.8, 4) is 0 Å². The Labute approximate surface area is 114 Å². The lowest BCUT2D eigenvalue weighted by Crippen LogP contribution is -2.28. The van der Waals surface area contributed by atoms with Gasteiger partial charge in [0.15, 0.2) is 0 Å². The van der Waals surface area contributed by atoms with Gasteiger partial charge in [-0.15, -0.1) is 0 Å². The highest BCUT2D eigenvalue weighted by Gasteiger charge is 2.10. The number of ether oxygens (including phenoxy) is 1. The van der Waals surface area contributed by atoms with E-state index in [4.69, 9.17) is 10.6 Å². The van der Waals surface area contributed by atoms with Gasteiger partial charge in [0.05, 0.1) is 17.9 Å². The minimum Gasteiger partial charge on any atom is -0.379 e. The van der Waals surface area contributed by atoms with Gasteiger partial charge in [-0.1, -0.05) is 19.9 Å². The van der Waals surface area contributed by atoms with Gasteiger partial charge in [-0.3, -0.25) is 10.6 Å². The summed E-state index contributed by atoms with van der Waals surface area (Å²) in [5.74, 6) is 5.76. The summed E-state index contributed by atoms with van der Waals surface area (Å²) in [4.78, 5) is 12.0. The molecule has 0 atom stereocenters. The fourth-order valence-electron chi connectivity index (χ4n) is 1.63. The summed E-state index contributed by atoms with van der Waals surface area (Å²) in [5.41, 5.74) is 4.75. The van der Waals surface area contributed by atoms with Crippen LogP contribution >= 0.6 is 0 Å². The fraction of sp³-hybridized carbons (Fsp3) is 0.500. The van der Waals surface area contributed by atoms with Crippen molar-refractivity contribution >= 4 is 11.6 Å². The second kappa shape index (κ2) is 7.76. The van der Waals surface area contributed by atoms with E-state index in [2.05, 4.69) is 24.6 Å². The molecule has 106 valence electrons. The van der Waals surface area contributed by atoms with Crippen LogP contribution in [-0.2, 0) is 4.74 Å².